The second-order valence-electron chi connectivity index (χ2n) is 5.81. The van der Waals surface area contributed by atoms with Crippen LogP contribution in [0.3, 0.4) is 0 Å². The van der Waals surface area contributed by atoms with Crippen LogP contribution >= 0.6 is 11.6 Å². The van der Waals surface area contributed by atoms with Crippen LogP contribution in [0.5, 0.6) is 5.75 Å². The van der Waals surface area contributed by atoms with E-state index in [-0.39, 0.29) is 22.9 Å². The first kappa shape index (κ1) is 15.9. The van der Waals surface area contributed by atoms with Crippen molar-refractivity contribution in [2.24, 2.45) is 0 Å². The van der Waals surface area contributed by atoms with Crippen molar-refractivity contribution >= 4 is 11.6 Å². The molecule has 5 heteroatoms. The second kappa shape index (κ2) is 6.50. The smallest absolute Gasteiger partial charge is 0.183 e. The number of furan rings is 1. The number of nitrogens with one attached hydrogen (secondary N) is 1. The molecule has 21 heavy (non-hydrogen) atoms. The summed E-state index contributed by atoms with van der Waals surface area (Å²) in [6.07, 6.45) is 0. The fraction of sp³-hybridized carbons (Fsp3) is 0.375. The molecule has 0 aliphatic rings. The van der Waals surface area contributed by atoms with Gasteiger partial charge in [-0.2, -0.15) is 0 Å². The van der Waals surface area contributed by atoms with E-state index >= 15 is 0 Å². The van der Waals surface area contributed by atoms with Crippen LogP contribution in [0, 0.1) is 5.82 Å². The average Bonchev–Trinajstić information content (AvgIpc) is 2.85. The van der Waals surface area contributed by atoms with Gasteiger partial charge in [-0.3, -0.25) is 0 Å². The predicted octanol–water partition coefficient (Wildman–Crippen LogP) is 4.54. The van der Waals surface area contributed by atoms with Crippen LogP contribution in [-0.4, -0.2) is 5.54 Å². The molecule has 3 nitrogen and oxygen atoms in total. The normalized spacial score (nSPS) is 11.7. The van der Waals surface area contributed by atoms with Crippen LogP contribution in [-0.2, 0) is 13.2 Å². The molecule has 0 saturated heterocycles. The summed E-state index contributed by atoms with van der Waals surface area (Å²) in [6, 6.07) is 8.36. The summed E-state index contributed by atoms with van der Waals surface area (Å²) in [6.45, 7) is 7.05. The quantitative estimate of drug-likeness (QED) is 0.880. The number of hydrogen-bond acceptors (Lipinski definition) is 3. The molecule has 0 spiro atoms. The minimum absolute atomic E-state index is 0.0212. The van der Waals surface area contributed by atoms with Crippen LogP contribution in [0.15, 0.2) is 34.7 Å². The summed E-state index contributed by atoms with van der Waals surface area (Å²) >= 11 is 5.70. The molecule has 0 amide bonds. The molecule has 0 radical (unpaired) electrons. The Labute approximate surface area is 129 Å². The van der Waals surface area contributed by atoms with Gasteiger partial charge in [-0.25, -0.2) is 4.39 Å². The summed E-state index contributed by atoms with van der Waals surface area (Å²) in [5, 5.41) is 3.37. The molecular weight excluding hydrogens is 293 g/mol. The van der Waals surface area contributed by atoms with Crippen LogP contribution in [0.4, 0.5) is 4.39 Å². The van der Waals surface area contributed by atoms with Crippen LogP contribution in [0.25, 0.3) is 0 Å². The van der Waals surface area contributed by atoms with Crippen LogP contribution in [0.1, 0.15) is 32.3 Å². The molecule has 114 valence electrons. The predicted molar refractivity (Wildman–Crippen MR) is 81.0 cm³/mol. The Balaban J connectivity index is 1.92. The van der Waals surface area contributed by atoms with Gasteiger partial charge < -0.3 is 14.5 Å². The Morgan fingerprint density at radius 1 is 1.19 bits per heavy atom. The molecule has 1 aromatic heterocycles. The van der Waals surface area contributed by atoms with Gasteiger partial charge in [0.05, 0.1) is 11.6 Å². The van der Waals surface area contributed by atoms with E-state index in [0.29, 0.717) is 12.3 Å². The summed E-state index contributed by atoms with van der Waals surface area (Å²) in [4.78, 5) is 0. The minimum Gasteiger partial charge on any atom is -0.483 e. The number of hydrogen-bond donors (Lipinski definition) is 1. The highest BCUT2D eigenvalue weighted by atomic mass is 35.5. The lowest BCUT2D eigenvalue weighted by atomic mass is 10.1. The Bertz CT molecular complexity index is 605. The second-order valence-corrected chi connectivity index (χ2v) is 6.22. The van der Waals surface area contributed by atoms with E-state index in [9.17, 15) is 4.39 Å². The molecule has 0 atom stereocenters. The standard InChI is InChI=1S/C16H19ClFNO2/c1-16(2,3)19-9-11-7-8-12(21-11)10-20-14-6-4-5-13(17)15(14)18/h4-8,19H,9-10H2,1-3H3. The molecule has 1 N–H and O–H groups in total. The molecule has 2 aromatic rings. The summed E-state index contributed by atoms with van der Waals surface area (Å²) < 4.78 is 24.7. The third-order valence-corrected chi connectivity index (χ3v) is 3.09. The molecule has 0 bridgehead atoms. The maximum atomic E-state index is 13.7. The first-order chi connectivity index (χ1) is 9.85. The Hall–Kier alpha value is -1.52. The molecule has 0 saturated carbocycles. The third kappa shape index (κ3) is 4.76. The van der Waals surface area contributed by atoms with Gasteiger partial charge in [-0.15, -0.1) is 0 Å². The van der Waals surface area contributed by atoms with Crippen molar-refractivity contribution in [2.75, 3.05) is 0 Å². The average molecular weight is 312 g/mol. The van der Waals surface area contributed by atoms with Gasteiger partial charge >= 0.3 is 0 Å². The number of ether oxygens (including phenoxy) is 1. The van der Waals surface area contributed by atoms with Gasteiger partial charge in [0.25, 0.3) is 0 Å². The van der Waals surface area contributed by atoms with Crippen molar-refractivity contribution < 1.29 is 13.5 Å². The highest BCUT2D eigenvalue weighted by molar-refractivity contribution is 6.30. The Kier molecular flexibility index (Phi) is 4.91. The SMILES string of the molecule is CC(C)(C)NCc1ccc(COc2cccc(Cl)c2F)o1. The van der Waals surface area contributed by atoms with Crippen molar-refractivity contribution in [1.82, 2.24) is 5.32 Å². The van der Waals surface area contributed by atoms with Crippen LogP contribution in [0.2, 0.25) is 5.02 Å². The fourth-order valence-electron chi connectivity index (χ4n) is 1.69. The van der Waals surface area contributed by atoms with Crippen molar-refractivity contribution in [3.8, 4) is 5.75 Å². The van der Waals surface area contributed by atoms with E-state index in [4.69, 9.17) is 20.8 Å². The Morgan fingerprint density at radius 3 is 2.62 bits per heavy atom. The lowest BCUT2D eigenvalue weighted by molar-refractivity contribution is 0.252. The summed E-state index contributed by atoms with van der Waals surface area (Å²) in [5.41, 5.74) is 0.0212. The highest BCUT2D eigenvalue weighted by Crippen LogP contribution is 2.25. The molecule has 2 rings (SSSR count). The molecule has 0 unspecified atom stereocenters. The molecule has 0 fully saturated rings. The van der Waals surface area contributed by atoms with E-state index in [2.05, 4.69) is 26.1 Å². The molecular formula is C16H19ClFNO2. The molecule has 1 aromatic carbocycles. The fourth-order valence-corrected chi connectivity index (χ4v) is 1.86. The van der Waals surface area contributed by atoms with Gasteiger partial charge in [0.2, 0.25) is 0 Å². The zero-order valence-electron chi connectivity index (χ0n) is 12.4. The summed E-state index contributed by atoms with van der Waals surface area (Å²) in [7, 11) is 0. The zero-order chi connectivity index (χ0) is 15.5. The minimum atomic E-state index is -0.555. The van der Waals surface area contributed by atoms with E-state index in [1.165, 1.54) is 12.1 Å². The lowest BCUT2D eigenvalue weighted by Crippen LogP contribution is -2.34. The van der Waals surface area contributed by atoms with E-state index < -0.39 is 5.82 Å². The number of halogens is 2. The van der Waals surface area contributed by atoms with E-state index in [1.54, 1.807) is 6.07 Å². The first-order valence-electron chi connectivity index (χ1n) is 6.74. The van der Waals surface area contributed by atoms with Gasteiger partial charge in [0.15, 0.2) is 11.6 Å². The third-order valence-electron chi connectivity index (χ3n) is 2.80. The van der Waals surface area contributed by atoms with E-state index in [1.807, 2.05) is 12.1 Å². The van der Waals surface area contributed by atoms with E-state index in [0.717, 1.165) is 5.76 Å². The highest BCUT2D eigenvalue weighted by Gasteiger charge is 2.11. The summed E-state index contributed by atoms with van der Waals surface area (Å²) in [5.74, 6) is 1.02. The molecule has 0 aliphatic heterocycles. The lowest BCUT2D eigenvalue weighted by Gasteiger charge is -2.19. The van der Waals surface area contributed by atoms with Crippen molar-refractivity contribution in [3.63, 3.8) is 0 Å². The van der Waals surface area contributed by atoms with Gasteiger partial charge in [0, 0.05) is 5.54 Å². The monoisotopic (exact) mass is 311 g/mol. The van der Waals surface area contributed by atoms with Crippen LogP contribution < -0.4 is 10.1 Å². The molecule has 1 heterocycles. The largest absolute Gasteiger partial charge is 0.483 e. The Morgan fingerprint density at radius 2 is 1.90 bits per heavy atom. The van der Waals surface area contributed by atoms with Crippen molar-refractivity contribution in [2.45, 2.75) is 39.5 Å². The zero-order valence-corrected chi connectivity index (χ0v) is 13.1. The maximum absolute atomic E-state index is 13.7. The van der Waals surface area contributed by atoms with Crippen molar-refractivity contribution in [3.05, 3.63) is 52.7 Å². The van der Waals surface area contributed by atoms with Gasteiger partial charge in [-0.1, -0.05) is 17.7 Å². The first-order valence-corrected chi connectivity index (χ1v) is 7.12. The topological polar surface area (TPSA) is 34.4 Å². The number of benzene rings is 1. The van der Waals surface area contributed by atoms with Gasteiger partial charge in [0.1, 0.15) is 18.1 Å². The van der Waals surface area contributed by atoms with Crippen molar-refractivity contribution in [1.29, 1.82) is 0 Å². The number of rotatable bonds is 5. The molecule has 0 aliphatic carbocycles. The van der Waals surface area contributed by atoms with Gasteiger partial charge in [-0.05, 0) is 45.0 Å². The maximum Gasteiger partial charge on any atom is 0.183 e.